The Balaban J connectivity index is 2.13. The van der Waals surface area contributed by atoms with Gasteiger partial charge in [-0.25, -0.2) is 14.2 Å². The number of nitrogens with zero attached hydrogens (tertiary/aromatic N) is 4. The number of ether oxygens (including phenoxy) is 1. The first kappa shape index (κ1) is 31.7. The van der Waals surface area contributed by atoms with Crippen molar-refractivity contribution in [2.24, 2.45) is 4.99 Å². The molecule has 10 heteroatoms. The zero-order valence-corrected chi connectivity index (χ0v) is 25.4. The summed E-state index contributed by atoms with van der Waals surface area (Å²) in [7, 11) is 4.87. The van der Waals surface area contributed by atoms with Crippen LogP contribution in [0.15, 0.2) is 87.6 Å². The number of allylic oxidation sites excluding steroid dienone is 1. The summed E-state index contributed by atoms with van der Waals surface area (Å²) in [4.78, 5) is 45.9. The summed E-state index contributed by atoms with van der Waals surface area (Å²) in [5.74, 6) is 0.130. The number of aryl methyl sites for hydroxylation is 2. The predicted octanol–water partition coefficient (Wildman–Crippen LogP) is 5.19. The lowest BCUT2D eigenvalue weighted by Gasteiger charge is -2.24. The first-order valence-electron chi connectivity index (χ1n) is 14.0. The van der Waals surface area contributed by atoms with Gasteiger partial charge in [-0.1, -0.05) is 30.3 Å². The molecule has 9 nitrogen and oxygen atoms in total. The zero-order valence-electron chi connectivity index (χ0n) is 25.4. The number of rotatable bonds is 10. The molecule has 228 valence electrons. The molecular weight excluding hydrogens is 563 g/mol. The fraction of sp³-hybridized carbons (Fsp3) is 0.235. The average Bonchev–Trinajstić information content (AvgIpc) is 3.01. The number of aliphatic imine (C=N–C) groups is 1. The Morgan fingerprint density at radius 1 is 1.05 bits per heavy atom. The highest BCUT2D eigenvalue weighted by Gasteiger charge is 2.27. The van der Waals surface area contributed by atoms with Gasteiger partial charge in [-0.3, -0.25) is 13.9 Å². The van der Waals surface area contributed by atoms with Crippen LogP contribution in [0.25, 0.3) is 11.3 Å². The maximum atomic E-state index is 15.0. The summed E-state index contributed by atoms with van der Waals surface area (Å²) in [6.45, 7) is 3.24. The lowest BCUT2D eigenvalue weighted by atomic mass is 10.0. The van der Waals surface area contributed by atoms with Gasteiger partial charge >= 0.3 is 5.69 Å². The third-order valence-corrected chi connectivity index (χ3v) is 7.10. The van der Waals surface area contributed by atoms with Crippen LogP contribution in [-0.2, 0) is 17.8 Å². The van der Waals surface area contributed by atoms with Crippen molar-refractivity contribution >= 4 is 23.4 Å². The van der Waals surface area contributed by atoms with Gasteiger partial charge in [-0.15, -0.1) is 0 Å². The number of hydrogen-bond donors (Lipinski definition) is 1. The standard InChI is InChI=1S/C34H35FN4O5/c1-22-11-16-29(28(35)18-22)36-32(37(3)4)30-31(23(2)21-41)39(26-10-6-8-24(19-26)9-7-17-40)34(43)38(33(30)42)20-25-12-14-27(44-5)15-13-25/h6,8,10-19,21,41H,7,9,20H2,1-5H3/b23-21+,36-32?. The maximum absolute atomic E-state index is 15.0. The Morgan fingerprint density at radius 2 is 1.77 bits per heavy atom. The van der Waals surface area contributed by atoms with Gasteiger partial charge in [0.1, 0.15) is 34.9 Å². The van der Waals surface area contributed by atoms with E-state index in [1.165, 1.54) is 16.7 Å². The lowest BCUT2D eigenvalue weighted by molar-refractivity contribution is -0.107. The molecule has 0 aliphatic carbocycles. The fourth-order valence-corrected chi connectivity index (χ4v) is 4.85. The molecule has 0 radical (unpaired) electrons. The Labute approximate surface area is 254 Å². The number of aliphatic hydroxyl groups is 1. The average molecular weight is 599 g/mol. The van der Waals surface area contributed by atoms with Gasteiger partial charge in [0.15, 0.2) is 0 Å². The smallest absolute Gasteiger partial charge is 0.336 e. The second kappa shape index (κ2) is 13.8. The Morgan fingerprint density at radius 3 is 2.39 bits per heavy atom. The van der Waals surface area contributed by atoms with Crippen molar-refractivity contribution in [3.8, 4) is 11.4 Å². The van der Waals surface area contributed by atoms with Gasteiger partial charge in [-0.05, 0) is 73.4 Å². The Hall–Kier alpha value is -5.25. The molecule has 44 heavy (non-hydrogen) atoms. The van der Waals surface area contributed by atoms with Crippen LogP contribution >= 0.6 is 0 Å². The first-order valence-corrected chi connectivity index (χ1v) is 14.0. The lowest BCUT2D eigenvalue weighted by Crippen LogP contribution is -2.46. The van der Waals surface area contributed by atoms with Crippen molar-refractivity contribution < 1.29 is 19.0 Å². The second-order valence-electron chi connectivity index (χ2n) is 10.6. The summed E-state index contributed by atoms with van der Waals surface area (Å²) >= 11 is 0. The van der Waals surface area contributed by atoms with E-state index >= 15 is 4.39 Å². The van der Waals surface area contributed by atoms with E-state index in [4.69, 9.17) is 4.74 Å². The molecule has 0 unspecified atom stereocenters. The molecule has 0 aliphatic heterocycles. The normalized spacial score (nSPS) is 11.9. The topological polar surface area (TPSA) is 106 Å². The van der Waals surface area contributed by atoms with Gasteiger partial charge < -0.3 is 19.5 Å². The number of amidine groups is 1. The zero-order chi connectivity index (χ0) is 32.0. The number of halogens is 1. The minimum Gasteiger partial charge on any atom is -0.515 e. The van der Waals surface area contributed by atoms with Crippen LogP contribution in [0.3, 0.4) is 0 Å². The largest absolute Gasteiger partial charge is 0.515 e. The van der Waals surface area contributed by atoms with Crippen LogP contribution in [0.1, 0.15) is 41.3 Å². The van der Waals surface area contributed by atoms with Crippen molar-refractivity contribution in [3.63, 3.8) is 0 Å². The van der Waals surface area contributed by atoms with Crippen molar-refractivity contribution in [3.05, 3.63) is 128 Å². The van der Waals surface area contributed by atoms with Gasteiger partial charge in [0.05, 0.1) is 31.3 Å². The van der Waals surface area contributed by atoms with Crippen LogP contribution in [0, 0.1) is 12.7 Å². The molecular formula is C34H35FN4O5. The van der Waals surface area contributed by atoms with Crippen molar-refractivity contribution in [1.29, 1.82) is 0 Å². The van der Waals surface area contributed by atoms with E-state index < -0.39 is 17.1 Å². The molecule has 0 saturated heterocycles. The molecule has 1 heterocycles. The molecule has 1 aromatic heterocycles. The number of benzene rings is 3. The van der Waals surface area contributed by atoms with Crippen LogP contribution in [0.2, 0.25) is 0 Å². The molecule has 0 aliphatic rings. The molecule has 0 saturated carbocycles. The van der Waals surface area contributed by atoms with E-state index in [-0.39, 0.29) is 34.9 Å². The molecule has 1 N–H and O–H groups in total. The van der Waals surface area contributed by atoms with Crippen molar-refractivity contribution in [2.75, 3.05) is 21.2 Å². The maximum Gasteiger partial charge on any atom is 0.336 e. The monoisotopic (exact) mass is 598 g/mol. The number of hydrogen-bond acceptors (Lipinski definition) is 6. The molecule has 4 rings (SSSR count). The Bertz CT molecular complexity index is 1850. The highest BCUT2D eigenvalue weighted by atomic mass is 19.1. The number of carbonyl (C=O) groups excluding carboxylic acids is 1. The number of carbonyl (C=O) groups is 1. The molecule has 0 fully saturated rings. The molecule has 4 aromatic rings. The SMILES string of the molecule is COc1ccc(Cn2c(=O)c(C(=Nc3ccc(C)cc3F)N(C)C)c(/C(C)=C/O)n(-c3cccc(CCC=O)c3)c2=O)cc1. The third kappa shape index (κ3) is 6.70. The first-order chi connectivity index (χ1) is 21.1. The molecule has 3 aromatic carbocycles. The molecule has 0 atom stereocenters. The summed E-state index contributed by atoms with van der Waals surface area (Å²) < 4.78 is 22.7. The van der Waals surface area contributed by atoms with E-state index in [0.717, 1.165) is 22.7 Å². The highest BCUT2D eigenvalue weighted by molar-refractivity contribution is 6.03. The van der Waals surface area contributed by atoms with E-state index in [1.807, 2.05) is 6.07 Å². The van der Waals surface area contributed by atoms with Gasteiger partial charge in [-0.2, -0.15) is 0 Å². The van der Waals surface area contributed by atoms with Crippen LogP contribution in [-0.4, -0.2) is 52.5 Å². The van der Waals surface area contributed by atoms with Crippen molar-refractivity contribution in [1.82, 2.24) is 14.0 Å². The minimum atomic E-state index is -0.671. The van der Waals surface area contributed by atoms with Crippen LogP contribution < -0.4 is 16.0 Å². The minimum absolute atomic E-state index is 0.00518. The second-order valence-corrected chi connectivity index (χ2v) is 10.6. The van der Waals surface area contributed by atoms with E-state index in [9.17, 15) is 19.5 Å². The third-order valence-electron chi connectivity index (χ3n) is 7.10. The quantitative estimate of drug-likeness (QED) is 0.117. The molecule has 0 spiro atoms. The van der Waals surface area contributed by atoms with E-state index in [1.54, 1.807) is 88.5 Å². The van der Waals surface area contributed by atoms with Gasteiger partial charge in [0.2, 0.25) is 0 Å². The highest BCUT2D eigenvalue weighted by Crippen LogP contribution is 2.25. The van der Waals surface area contributed by atoms with Crippen LogP contribution in [0.5, 0.6) is 5.75 Å². The van der Waals surface area contributed by atoms with Gasteiger partial charge in [0.25, 0.3) is 5.56 Å². The van der Waals surface area contributed by atoms with Gasteiger partial charge in [0, 0.05) is 26.1 Å². The van der Waals surface area contributed by atoms with Crippen molar-refractivity contribution in [2.45, 2.75) is 33.2 Å². The van der Waals surface area contributed by atoms with E-state index in [0.29, 0.717) is 35.4 Å². The summed E-state index contributed by atoms with van der Waals surface area (Å²) in [6.07, 6.45) is 2.38. The summed E-state index contributed by atoms with van der Waals surface area (Å²) in [5.41, 5.74) is 1.57. The van der Waals surface area contributed by atoms with E-state index in [2.05, 4.69) is 4.99 Å². The summed E-state index contributed by atoms with van der Waals surface area (Å²) in [5, 5.41) is 10.2. The molecule has 0 bridgehead atoms. The molecule has 0 amide bonds. The van der Waals surface area contributed by atoms with Crippen LogP contribution in [0.4, 0.5) is 10.1 Å². The number of aldehydes is 1. The Kier molecular flexibility index (Phi) is 9.95. The summed E-state index contributed by atoms with van der Waals surface area (Å²) in [6, 6.07) is 18.6. The number of aromatic nitrogens is 2. The number of methoxy groups -OCH3 is 1. The number of aliphatic hydroxyl groups excluding tert-OH is 1. The fourth-order valence-electron chi connectivity index (χ4n) is 4.85. The predicted molar refractivity (Wildman–Crippen MR) is 170 cm³/mol.